The van der Waals surface area contributed by atoms with Crippen molar-refractivity contribution < 1.29 is 5.11 Å². The summed E-state index contributed by atoms with van der Waals surface area (Å²) in [4.78, 5) is 0. The molecule has 0 radical (unpaired) electrons. The predicted octanol–water partition coefficient (Wildman–Crippen LogP) is -0.0945. The first-order valence-electron chi connectivity index (χ1n) is 3.92. The molecule has 3 nitrogen and oxygen atoms in total. The van der Waals surface area contributed by atoms with Crippen molar-refractivity contribution in [3.63, 3.8) is 0 Å². The standard InChI is InChI=1S/C9H14N2O/c1-8-4-2-3-5-9(8,12)11-7-6-10/h2-5,11-12H,1,6-7,10H2. The Balaban J connectivity index is 2.63. The van der Waals surface area contributed by atoms with Crippen LogP contribution in [0.4, 0.5) is 0 Å². The monoisotopic (exact) mass is 166 g/mol. The maximum absolute atomic E-state index is 9.87. The maximum Gasteiger partial charge on any atom is 0.161 e. The van der Waals surface area contributed by atoms with Crippen LogP contribution >= 0.6 is 0 Å². The summed E-state index contributed by atoms with van der Waals surface area (Å²) in [6.07, 6.45) is 7.04. The summed E-state index contributed by atoms with van der Waals surface area (Å²) in [5, 5.41) is 12.8. The zero-order chi connectivity index (χ0) is 9.03. The normalized spacial score (nSPS) is 28.0. The van der Waals surface area contributed by atoms with Gasteiger partial charge in [0.15, 0.2) is 5.72 Å². The van der Waals surface area contributed by atoms with Crippen molar-refractivity contribution in [2.24, 2.45) is 5.73 Å². The molecule has 66 valence electrons. The van der Waals surface area contributed by atoms with Crippen LogP contribution in [0.3, 0.4) is 0 Å². The van der Waals surface area contributed by atoms with Gasteiger partial charge in [0.1, 0.15) is 0 Å². The van der Waals surface area contributed by atoms with Crippen LogP contribution in [0.15, 0.2) is 36.5 Å². The van der Waals surface area contributed by atoms with Gasteiger partial charge in [-0.05, 0) is 11.6 Å². The molecule has 0 aromatic heterocycles. The molecule has 0 aromatic rings. The Labute approximate surface area is 72.3 Å². The molecule has 0 aliphatic heterocycles. The van der Waals surface area contributed by atoms with Crippen molar-refractivity contribution >= 4 is 0 Å². The quantitative estimate of drug-likeness (QED) is 0.513. The van der Waals surface area contributed by atoms with Crippen molar-refractivity contribution in [2.45, 2.75) is 5.72 Å². The minimum absolute atomic E-state index is 0.493. The van der Waals surface area contributed by atoms with E-state index in [1.165, 1.54) is 0 Å². The van der Waals surface area contributed by atoms with Gasteiger partial charge >= 0.3 is 0 Å². The highest BCUT2D eigenvalue weighted by molar-refractivity contribution is 5.37. The van der Waals surface area contributed by atoms with E-state index in [9.17, 15) is 5.11 Å². The van der Waals surface area contributed by atoms with Gasteiger partial charge in [0.2, 0.25) is 0 Å². The second-order valence-corrected chi connectivity index (χ2v) is 2.73. The number of hydrogen-bond donors (Lipinski definition) is 3. The fourth-order valence-corrected chi connectivity index (χ4v) is 1.04. The van der Waals surface area contributed by atoms with E-state index in [1.807, 2.05) is 6.08 Å². The van der Waals surface area contributed by atoms with E-state index >= 15 is 0 Å². The number of aliphatic hydroxyl groups is 1. The molecule has 0 saturated heterocycles. The molecular formula is C9H14N2O. The van der Waals surface area contributed by atoms with Gasteiger partial charge in [0.25, 0.3) is 0 Å². The fourth-order valence-electron chi connectivity index (χ4n) is 1.04. The minimum atomic E-state index is -1.10. The average Bonchev–Trinajstić information content (AvgIpc) is 2.07. The summed E-state index contributed by atoms with van der Waals surface area (Å²) in [7, 11) is 0. The Morgan fingerprint density at radius 2 is 2.33 bits per heavy atom. The molecule has 1 aliphatic carbocycles. The summed E-state index contributed by atoms with van der Waals surface area (Å²) < 4.78 is 0. The lowest BCUT2D eigenvalue weighted by Crippen LogP contribution is -2.47. The van der Waals surface area contributed by atoms with Gasteiger partial charge in [-0.3, -0.25) is 5.32 Å². The smallest absolute Gasteiger partial charge is 0.161 e. The number of nitrogens with two attached hydrogens (primary N) is 1. The number of allylic oxidation sites excluding steroid dienone is 2. The average molecular weight is 166 g/mol. The molecule has 0 spiro atoms. The van der Waals surface area contributed by atoms with Gasteiger partial charge < -0.3 is 10.8 Å². The largest absolute Gasteiger partial charge is 0.368 e. The molecule has 0 aromatic carbocycles. The van der Waals surface area contributed by atoms with E-state index in [0.717, 1.165) is 0 Å². The van der Waals surface area contributed by atoms with Gasteiger partial charge in [-0.2, -0.15) is 0 Å². The third kappa shape index (κ3) is 1.82. The van der Waals surface area contributed by atoms with Crippen LogP contribution in [-0.2, 0) is 0 Å². The lowest BCUT2D eigenvalue weighted by molar-refractivity contribution is 0.0963. The second kappa shape index (κ2) is 3.67. The van der Waals surface area contributed by atoms with Gasteiger partial charge in [0.05, 0.1) is 0 Å². The van der Waals surface area contributed by atoms with Crippen molar-refractivity contribution in [3.8, 4) is 0 Å². The third-order valence-corrected chi connectivity index (χ3v) is 1.77. The summed E-state index contributed by atoms with van der Waals surface area (Å²) in [5.41, 5.74) is 4.84. The zero-order valence-electron chi connectivity index (χ0n) is 6.96. The van der Waals surface area contributed by atoms with Crippen molar-refractivity contribution in [2.75, 3.05) is 13.1 Å². The second-order valence-electron chi connectivity index (χ2n) is 2.73. The van der Waals surface area contributed by atoms with E-state index in [-0.39, 0.29) is 0 Å². The summed E-state index contributed by atoms with van der Waals surface area (Å²) in [6, 6.07) is 0. The van der Waals surface area contributed by atoms with Crippen molar-refractivity contribution in [1.29, 1.82) is 0 Å². The van der Waals surface area contributed by atoms with E-state index in [4.69, 9.17) is 5.73 Å². The van der Waals surface area contributed by atoms with Crippen LogP contribution in [0.1, 0.15) is 0 Å². The summed E-state index contributed by atoms with van der Waals surface area (Å²) >= 11 is 0. The van der Waals surface area contributed by atoms with Gasteiger partial charge in [0, 0.05) is 13.1 Å². The Hall–Kier alpha value is -0.900. The summed E-state index contributed by atoms with van der Waals surface area (Å²) in [6.45, 7) is 4.79. The molecule has 1 atom stereocenters. The molecule has 12 heavy (non-hydrogen) atoms. The van der Waals surface area contributed by atoms with Crippen LogP contribution in [-0.4, -0.2) is 23.9 Å². The van der Waals surface area contributed by atoms with Crippen LogP contribution in [0.2, 0.25) is 0 Å². The van der Waals surface area contributed by atoms with E-state index in [1.54, 1.807) is 18.2 Å². The van der Waals surface area contributed by atoms with Gasteiger partial charge in [-0.25, -0.2) is 0 Å². The van der Waals surface area contributed by atoms with E-state index < -0.39 is 5.72 Å². The molecule has 3 heteroatoms. The minimum Gasteiger partial charge on any atom is -0.368 e. The Morgan fingerprint density at radius 3 is 2.92 bits per heavy atom. The molecule has 1 unspecified atom stereocenters. The highest BCUT2D eigenvalue weighted by atomic mass is 16.3. The highest BCUT2D eigenvalue weighted by Gasteiger charge is 2.25. The molecule has 0 heterocycles. The molecule has 0 saturated carbocycles. The molecule has 0 amide bonds. The molecule has 4 N–H and O–H groups in total. The topological polar surface area (TPSA) is 58.3 Å². The van der Waals surface area contributed by atoms with Gasteiger partial charge in [-0.1, -0.05) is 24.8 Å². The third-order valence-electron chi connectivity index (χ3n) is 1.77. The van der Waals surface area contributed by atoms with E-state index in [0.29, 0.717) is 18.7 Å². The molecule has 1 aliphatic rings. The first-order valence-corrected chi connectivity index (χ1v) is 3.92. The number of nitrogens with one attached hydrogen (secondary N) is 1. The van der Waals surface area contributed by atoms with Crippen molar-refractivity contribution in [1.82, 2.24) is 5.32 Å². The molecular weight excluding hydrogens is 152 g/mol. The number of hydrogen-bond acceptors (Lipinski definition) is 3. The maximum atomic E-state index is 9.87. The Kier molecular flexibility index (Phi) is 2.81. The van der Waals surface area contributed by atoms with Crippen LogP contribution < -0.4 is 11.1 Å². The Morgan fingerprint density at radius 1 is 1.58 bits per heavy atom. The lowest BCUT2D eigenvalue weighted by Gasteiger charge is -2.28. The highest BCUT2D eigenvalue weighted by Crippen LogP contribution is 2.18. The van der Waals surface area contributed by atoms with Crippen LogP contribution in [0.25, 0.3) is 0 Å². The van der Waals surface area contributed by atoms with Crippen LogP contribution in [0, 0.1) is 0 Å². The van der Waals surface area contributed by atoms with Crippen molar-refractivity contribution in [3.05, 3.63) is 36.5 Å². The van der Waals surface area contributed by atoms with Gasteiger partial charge in [-0.15, -0.1) is 0 Å². The number of rotatable bonds is 3. The summed E-state index contributed by atoms with van der Waals surface area (Å²) in [5.74, 6) is 0. The first-order chi connectivity index (χ1) is 5.69. The van der Waals surface area contributed by atoms with Crippen LogP contribution in [0.5, 0.6) is 0 Å². The molecule has 1 rings (SSSR count). The zero-order valence-corrected chi connectivity index (χ0v) is 6.96. The molecule has 0 bridgehead atoms. The fraction of sp³-hybridized carbons (Fsp3) is 0.333. The SMILES string of the molecule is C=C1C=CC=CC1(O)NCCN. The lowest BCUT2D eigenvalue weighted by atomic mass is 9.99. The van der Waals surface area contributed by atoms with E-state index in [2.05, 4.69) is 11.9 Å². The molecule has 0 fully saturated rings. The first kappa shape index (κ1) is 9.19. The predicted molar refractivity (Wildman–Crippen MR) is 49.4 cm³/mol. The Bertz CT molecular complexity index is 233.